The van der Waals surface area contributed by atoms with Crippen LogP contribution in [0.4, 0.5) is 0 Å². The summed E-state index contributed by atoms with van der Waals surface area (Å²) in [6.45, 7) is 7.50. The molecular formula is C24H34O4. The van der Waals surface area contributed by atoms with Gasteiger partial charge >= 0.3 is 5.97 Å². The number of fused-ring (bicyclic) bond motifs is 5. The first-order chi connectivity index (χ1) is 13.3. The highest BCUT2D eigenvalue weighted by Crippen LogP contribution is 2.67. The first kappa shape index (κ1) is 19.8. The SMILES string of the molecule is CC[C@]12CC[C@H]3[C@@H](C[C@H](C)C4=CC(=O)CC[C@@H]43)[C@@H]1CC[C@]2(OC(C)=O)C(C)=O. The van der Waals surface area contributed by atoms with E-state index >= 15 is 0 Å². The van der Waals surface area contributed by atoms with Gasteiger partial charge in [0.1, 0.15) is 0 Å². The molecule has 4 nitrogen and oxygen atoms in total. The van der Waals surface area contributed by atoms with E-state index in [9.17, 15) is 14.4 Å². The number of hydrogen-bond acceptors (Lipinski definition) is 4. The van der Waals surface area contributed by atoms with Crippen molar-refractivity contribution in [2.75, 3.05) is 0 Å². The number of Topliss-reactive ketones (excluding diaryl/α,β-unsaturated/α-hetero) is 1. The molecule has 0 unspecified atom stereocenters. The van der Waals surface area contributed by atoms with Gasteiger partial charge in [-0.05, 0) is 87.5 Å². The fourth-order valence-electron chi connectivity index (χ4n) is 8.03. The van der Waals surface area contributed by atoms with E-state index in [1.54, 1.807) is 6.92 Å². The quantitative estimate of drug-likeness (QED) is 0.662. The van der Waals surface area contributed by atoms with Crippen molar-refractivity contribution >= 4 is 17.5 Å². The maximum Gasteiger partial charge on any atom is 0.303 e. The molecule has 0 bridgehead atoms. The van der Waals surface area contributed by atoms with Crippen molar-refractivity contribution in [2.24, 2.45) is 35.0 Å². The number of allylic oxidation sites excluding steroid dienone is 1. The Morgan fingerprint density at radius 2 is 1.89 bits per heavy atom. The second kappa shape index (κ2) is 6.81. The topological polar surface area (TPSA) is 60.4 Å². The summed E-state index contributed by atoms with van der Waals surface area (Å²) in [7, 11) is 0. The lowest BCUT2D eigenvalue weighted by Gasteiger charge is -2.57. The number of esters is 1. The van der Waals surface area contributed by atoms with Gasteiger partial charge in [0.05, 0.1) is 0 Å². The third-order valence-electron chi connectivity index (χ3n) is 9.00. The summed E-state index contributed by atoms with van der Waals surface area (Å²) < 4.78 is 5.91. The lowest BCUT2D eigenvalue weighted by atomic mass is 9.48. The van der Waals surface area contributed by atoms with Gasteiger partial charge in [0.2, 0.25) is 0 Å². The third kappa shape index (κ3) is 2.59. The number of rotatable bonds is 3. The maximum atomic E-state index is 12.9. The lowest BCUT2D eigenvalue weighted by Crippen LogP contribution is -2.59. The Morgan fingerprint density at radius 1 is 1.14 bits per heavy atom. The largest absolute Gasteiger partial charge is 0.451 e. The molecule has 0 aromatic rings. The van der Waals surface area contributed by atoms with Gasteiger partial charge < -0.3 is 4.74 Å². The molecule has 4 rings (SSSR count). The van der Waals surface area contributed by atoms with E-state index in [2.05, 4.69) is 13.8 Å². The molecule has 4 aliphatic rings. The van der Waals surface area contributed by atoms with Crippen LogP contribution >= 0.6 is 0 Å². The molecule has 0 N–H and O–H groups in total. The molecule has 0 aromatic carbocycles. The van der Waals surface area contributed by atoms with Crippen LogP contribution in [0.2, 0.25) is 0 Å². The van der Waals surface area contributed by atoms with E-state index in [4.69, 9.17) is 4.74 Å². The van der Waals surface area contributed by atoms with Gasteiger partial charge in [0, 0.05) is 18.8 Å². The van der Waals surface area contributed by atoms with Crippen LogP contribution in [0.1, 0.15) is 79.1 Å². The zero-order valence-electron chi connectivity index (χ0n) is 17.8. The number of carbonyl (C=O) groups is 3. The minimum Gasteiger partial charge on any atom is -0.451 e. The monoisotopic (exact) mass is 386 g/mol. The van der Waals surface area contributed by atoms with E-state index in [0.717, 1.165) is 38.5 Å². The molecule has 4 aliphatic carbocycles. The van der Waals surface area contributed by atoms with Crippen molar-refractivity contribution in [3.63, 3.8) is 0 Å². The average molecular weight is 387 g/mol. The predicted molar refractivity (Wildman–Crippen MR) is 106 cm³/mol. The molecule has 28 heavy (non-hydrogen) atoms. The summed E-state index contributed by atoms with van der Waals surface area (Å²) in [6.07, 6.45) is 9.27. The van der Waals surface area contributed by atoms with Crippen LogP contribution in [0.5, 0.6) is 0 Å². The van der Waals surface area contributed by atoms with Crippen molar-refractivity contribution in [1.29, 1.82) is 0 Å². The lowest BCUT2D eigenvalue weighted by molar-refractivity contribution is -0.189. The molecule has 0 spiro atoms. The first-order valence-electron chi connectivity index (χ1n) is 11.2. The Labute approximate surface area is 168 Å². The van der Waals surface area contributed by atoms with E-state index in [0.29, 0.717) is 48.2 Å². The fourth-order valence-corrected chi connectivity index (χ4v) is 8.03. The van der Waals surface area contributed by atoms with Crippen LogP contribution in [0.3, 0.4) is 0 Å². The normalized spacial score (nSPS) is 44.8. The predicted octanol–water partition coefficient (Wildman–Crippen LogP) is 4.66. The van der Waals surface area contributed by atoms with E-state index < -0.39 is 5.60 Å². The molecule has 3 saturated carbocycles. The minimum absolute atomic E-state index is 0.0261. The van der Waals surface area contributed by atoms with Crippen LogP contribution in [0, 0.1) is 35.0 Å². The summed E-state index contributed by atoms with van der Waals surface area (Å²) in [4.78, 5) is 36.9. The molecule has 0 aliphatic heterocycles. The minimum atomic E-state index is -0.939. The van der Waals surface area contributed by atoms with Crippen LogP contribution in [-0.4, -0.2) is 23.1 Å². The molecule has 7 atom stereocenters. The van der Waals surface area contributed by atoms with Crippen molar-refractivity contribution in [3.05, 3.63) is 11.6 Å². The number of carbonyl (C=O) groups excluding carboxylic acids is 3. The van der Waals surface area contributed by atoms with Crippen LogP contribution < -0.4 is 0 Å². The number of ether oxygens (including phenoxy) is 1. The van der Waals surface area contributed by atoms with Gasteiger partial charge in [0.25, 0.3) is 0 Å². The van der Waals surface area contributed by atoms with Crippen molar-refractivity contribution < 1.29 is 19.1 Å². The Balaban J connectivity index is 1.73. The van der Waals surface area contributed by atoms with E-state index in [1.165, 1.54) is 12.5 Å². The second-order valence-electron chi connectivity index (χ2n) is 9.89. The molecule has 154 valence electrons. The molecular weight excluding hydrogens is 352 g/mol. The smallest absolute Gasteiger partial charge is 0.303 e. The zero-order chi connectivity index (χ0) is 20.3. The summed E-state index contributed by atoms with van der Waals surface area (Å²) in [6, 6.07) is 0. The van der Waals surface area contributed by atoms with E-state index in [1.807, 2.05) is 6.08 Å². The van der Waals surface area contributed by atoms with Gasteiger partial charge in [-0.1, -0.05) is 19.4 Å². The highest BCUT2D eigenvalue weighted by atomic mass is 16.6. The fraction of sp³-hybridized carbons (Fsp3) is 0.792. The Kier molecular flexibility index (Phi) is 4.83. The Hall–Kier alpha value is -1.45. The van der Waals surface area contributed by atoms with Gasteiger partial charge in [-0.15, -0.1) is 0 Å². The standard InChI is InChI=1S/C24H34O4/c1-5-23-10-8-19-18-7-6-17(27)13-20(18)14(2)12-21(19)22(23)9-11-24(23,15(3)25)28-16(4)26/h13-14,18-19,21-22H,5-12H2,1-4H3/t14-,18+,19+,21+,22-,23-,24-/m0/s1. The summed E-state index contributed by atoms with van der Waals surface area (Å²) in [5.74, 6) is 2.56. The molecule has 4 heteroatoms. The third-order valence-corrected chi connectivity index (χ3v) is 9.00. The maximum absolute atomic E-state index is 12.9. The Bertz CT molecular complexity index is 737. The molecule has 0 amide bonds. The van der Waals surface area contributed by atoms with Crippen LogP contribution in [0.25, 0.3) is 0 Å². The summed E-state index contributed by atoms with van der Waals surface area (Å²) >= 11 is 0. The first-order valence-corrected chi connectivity index (χ1v) is 11.2. The van der Waals surface area contributed by atoms with Gasteiger partial charge in [-0.3, -0.25) is 14.4 Å². The Morgan fingerprint density at radius 3 is 2.54 bits per heavy atom. The summed E-state index contributed by atoms with van der Waals surface area (Å²) in [5.41, 5.74) is 0.222. The van der Waals surface area contributed by atoms with Crippen molar-refractivity contribution in [1.82, 2.24) is 0 Å². The second-order valence-corrected chi connectivity index (χ2v) is 9.89. The van der Waals surface area contributed by atoms with Gasteiger partial charge in [-0.2, -0.15) is 0 Å². The van der Waals surface area contributed by atoms with E-state index in [-0.39, 0.29) is 17.2 Å². The average Bonchev–Trinajstić information content (AvgIpc) is 2.97. The van der Waals surface area contributed by atoms with Crippen molar-refractivity contribution in [3.8, 4) is 0 Å². The zero-order valence-corrected chi connectivity index (χ0v) is 17.8. The van der Waals surface area contributed by atoms with Gasteiger partial charge in [-0.25, -0.2) is 0 Å². The molecule has 0 saturated heterocycles. The molecule has 0 heterocycles. The molecule has 0 radical (unpaired) electrons. The molecule has 3 fully saturated rings. The highest BCUT2D eigenvalue weighted by molar-refractivity contribution is 5.91. The number of hydrogen-bond donors (Lipinski definition) is 0. The van der Waals surface area contributed by atoms with Crippen molar-refractivity contribution in [2.45, 2.75) is 84.7 Å². The number of ketones is 2. The van der Waals surface area contributed by atoms with Crippen LogP contribution in [0.15, 0.2) is 11.6 Å². The van der Waals surface area contributed by atoms with Gasteiger partial charge in [0.15, 0.2) is 17.2 Å². The highest BCUT2D eigenvalue weighted by Gasteiger charge is 2.68. The molecule has 0 aromatic heterocycles. The summed E-state index contributed by atoms with van der Waals surface area (Å²) in [5, 5.41) is 0. The van der Waals surface area contributed by atoms with Crippen LogP contribution in [-0.2, 0) is 19.1 Å².